The van der Waals surface area contributed by atoms with Crippen molar-refractivity contribution >= 4 is 15.7 Å². The van der Waals surface area contributed by atoms with Crippen molar-refractivity contribution in [2.75, 3.05) is 6.16 Å². The average Bonchev–Trinajstić information content (AvgIpc) is 2.06. The molecule has 0 heterocycles. The molecule has 0 unspecified atom stereocenters. The number of hydrogen-bond donors (Lipinski definition) is 2. The molecule has 0 aliphatic heterocycles. The fraction of sp³-hybridized carbons (Fsp3) is 1.00. The highest BCUT2D eigenvalue weighted by Gasteiger charge is 2.12. The van der Waals surface area contributed by atoms with E-state index in [4.69, 9.17) is 9.79 Å². The molecule has 0 bridgehead atoms. The average molecular weight is 266 g/mol. The third kappa shape index (κ3) is 14.4. The van der Waals surface area contributed by atoms with Crippen LogP contribution in [0.4, 0.5) is 0 Å². The van der Waals surface area contributed by atoms with Crippen molar-refractivity contribution in [3.05, 3.63) is 0 Å². The summed E-state index contributed by atoms with van der Waals surface area (Å²) in [7, 11) is -4.60. The van der Waals surface area contributed by atoms with Crippen LogP contribution in [-0.2, 0) is 4.57 Å². The minimum Gasteiger partial charge on any atom is -0.324 e. The lowest BCUT2D eigenvalue weighted by atomic mass is 10.1. The molecule has 0 saturated heterocycles. The van der Waals surface area contributed by atoms with Crippen LogP contribution < -0.4 is 0 Å². The molecule has 0 aromatic rings. The minimum absolute atomic E-state index is 0.0574. The molecule has 3 nitrogen and oxygen atoms in total. The first-order valence-electron chi connectivity index (χ1n) is 6.25. The van der Waals surface area contributed by atoms with Crippen LogP contribution in [0.25, 0.3) is 0 Å². The van der Waals surface area contributed by atoms with E-state index in [9.17, 15) is 4.57 Å². The Morgan fingerprint density at radius 1 is 0.875 bits per heavy atom. The van der Waals surface area contributed by atoms with Crippen LogP contribution in [0.1, 0.15) is 38.5 Å². The third-order valence-electron chi connectivity index (χ3n) is 2.63. The Kier molecular flexibility index (Phi) is 7.82. The summed E-state index contributed by atoms with van der Waals surface area (Å²) < 4.78 is 10.6. The van der Waals surface area contributed by atoms with Gasteiger partial charge < -0.3 is 9.79 Å². The van der Waals surface area contributed by atoms with Crippen molar-refractivity contribution < 1.29 is 14.4 Å². The molecule has 16 heavy (non-hydrogen) atoms. The zero-order chi connectivity index (χ0) is 12.7. The fourth-order valence-electron chi connectivity index (χ4n) is 1.68. The van der Waals surface area contributed by atoms with Gasteiger partial charge in [-0.05, 0) is 6.42 Å². The summed E-state index contributed by atoms with van der Waals surface area (Å²) in [5.74, 6) is 0. The molecule has 0 aromatic heterocycles. The van der Waals surface area contributed by atoms with Crippen molar-refractivity contribution in [1.29, 1.82) is 0 Å². The lowest BCUT2D eigenvalue weighted by molar-refractivity contribution is 0.370. The van der Waals surface area contributed by atoms with Crippen LogP contribution >= 0.6 is 7.60 Å². The molecule has 0 aromatic carbocycles. The van der Waals surface area contributed by atoms with Gasteiger partial charge in [0, 0.05) is 14.2 Å². The molecular formula is C11H27O3PSi. The number of rotatable bonds is 9. The number of hydrogen-bond acceptors (Lipinski definition) is 1. The molecule has 5 heteroatoms. The first kappa shape index (κ1) is 16.4. The smallest absolute Gasteiger partial charge is 0.324 e. The van der Waals surface area contributed by atoms with Crippen molar-refractivity contribution in [2.24, 2.45) is 0 Å². The van der Waals surface area contributed by atoms with Crippen LogP contribution in [-0.4, -0.2) is 24.0 Å². The Bertz CT molecular complexity index is 220. The Labute approximate surface area is 101 Å². The molecule has 0 aliphatic carbocycles. The highest BCUT2D eigenvalue weighted by molar-refractivity contribution is 7.51. The SMILES string of the molecule is C[Si](C)(C)CCCCCCCCP(=O)(O)O. The van der Waals surface area contributed by atoms with Crippen LogP contribution in [0.5, 0.6) is 0 Å². The maximum absolute atomic E-state index is 10.6. The fourth-order valence-corrected chi connectivity index (χ4v) is 3.63. The van der Waals surface area contributed by atoms with E-state index < -0.39 is 15.7 Å². The van der Waals surface area contributed by atoms with Crippen molar-refractivity contribution in [3.63, 3.8) is 0 Å². The minimum atomic E-state index is -3.74. The third-order valence-corrected chi connectivity index (χ3v) is 5.38. The van der Waals surface area contributed by atoms with E-state index in [1.165, 1.54) is 25.3 Å². The van der Waals surface area contributed by atoms with Crippen molar-refractivity contribution in [2.45, 2.75) is 64.2 Å². The van der Waals surface area contributed by atoms with Gasteiger partial charge in [-0.2, -0.15) is 0 Å². The van der Waals surface area contributed by atoms with Gasteiger partial charge in [0.05, 0.1) is 0 Å². The van der Waals surface area contributed by atoms with Crippen LogP contribution in [0.15, 0.2) is 0 Å². The molecule has 0 atom stereocenters. The van der Waals surface area contributed by atoms with Crippen molar-refractivity contribution in [3.8, 4) is 0 Å². The van der Waals surface area contributed by atoms with Gasteiger partial charge in [0.1, 0.15) is 0 Å². The lowest BCUT2D eigenvalue weighted by Crippen LogP contribution is -2.18. The lowest BCUT2D eigenvalue weighted by Gasteiger charge is -2.14. The van der Waals surface area contributed by atoms with Gasteiger partial charge in [-0.15, -0.1) is 0 Å². The predicted molar refractivity (Wildman–Crippen MR) is 72.8 cm³/mol. The van der Waals surface area contributed by atoms with Crippen LogP contribution in [0.2, 0.25) is 25.7 Å². The van der Waals surface area contributed by atoms with E-state index in [-0.39, 0.29) is 6.16 Å². The second-order valence-corrected chi connectivity index (χ2v) is 13.2. The molecule has 0 fully saturated rings. The molecule has 0 amide bonds. The topological polar surface area (TPSA) is 57.5 Å². The molecule has 98 valence electrons. The zero-order valence-corrected chi connectivity index (χ0v) is 12.8. The molecule has 0 radical (unpaired) electrons. The first-order chi connectivity index (χ1) is 7.21. The Hall–Kier alpha value is 0.367. The van der Waals surface area contributed by atoms with E-state index in [1.807, 2.05) is 0 Å². The van der Waals surface area contributed by atoms with Crippen LogP contribution in [0.3, 0.4) is 0 Å². The van der Waals surface area contributed by atoms with Gasteiger partial charge >= 0.3 is 7.60 Å². The molecule has 0 saturated carbocycles. The second-order valence-electron chi connectivity index (χ2n) is 5.82. The standard InChI is InChI=1S/C11H27O3PSi/c1-16(2,3)11-9-7-5-4-6-8-10-15(12,13)14/h4-11H2,1-3H3,(H2,12,13,14). The second kappa shape index (κ2) is 7.65. The molecule has 0 spiro atoms. The summed E-state index contributed by atoms with van der Waals surface area (Å²) in [6, 6.07) is 1.40. The van der Waals surface area contributed by atoms with E-state index in [2.05, 4.69) is 19.6 Å². The Morgan fingerprint density at radius 2 is 1.31 bits per heavy atom. The summed E-state index contributed by atoms with van der Waals surface area (Å²) in [6.45, 7) is 7.19. The van der Waals surface area contributed by atoms with Gasteiger partial charge in [0.25, 0.3) is 0 Å². The van der Waals surface area contributed by atoms with E-state index >= 15 is 0 Å². The maximum atomic E-state index is 10.6. The molecule has 0 aliphatic rings. The Balaban J connectivity index is 3.20. The van der Waals surface area contributed by atoms with Crippen molar-refractivity contribution in [1.82, 2.24) is 0 Å². The van der Waals surface area contributed by atoms with Gasteiger partial charge in [-0.25, -0.2) is 0 Å². The largest absolute Gasteiger partial charge is 0.325 e. The predicted octanol–water partition coefficient (Wildman–Crippen LogP) is 3.84. The first-order valence-corrected chi connectivity index (χ1v) is 11.8. The molecular weight excluding hydrogens is 239 g/mol. The molecule has 0 rings (SSSR count). The van der Waals surface area contributed by atoms with Gasteiger partial charge in [-0.3, -0.25) is 4.57 Å². The van der Waals surface area contributed by atoms with Crippen LogP contribution in [0, 0.1) is 0 Å². The summed E-state index contributed by atoms with van der Waals surface area (Å²) >= 11 is 0. The normalized spacial score (nSPS) is 13.1. The quantitative estimate of drug-likeness (QED) is 0.379. The maximum Gasteiger partial charge on any atom is 0.325 e. The summed E-state index contributed by atoms with van der Waals surface area (Å²) in [6.07, 6.45) is 6.62. The zero-order valence-electron chi connectivity index (χ0n) is 10.9. The molecule has 2 N–H and O–H groups in total. The van der Waals surface area contributed by atoms with Gasteiger partial charge in [-0.1, -0.05) is 57.8 Å². The summed E-state index contributed by atoms with van der Waals surface area (Å²) in [5, 5.41) is 0. The van der Waals surface area contributed by atoms with Gasteiger partial charge in [0.15, 0.2) is 0 Å². The monoisotopic (exact) mass is 266 g/mol. The van der Waals surface area contributed by atoms with E-state index in [0.717, 1.165) is 12.8 Å². The summed E-state index contributed by atoms with van der Waals surface area (Å²) in [4.78, 5) is 17.3. The highest BCUT2D eigenvalue weighted by atomic mass is 31.2. The van der Waals surface area contributed by atoms with E-state index in [0.29, 0.717) is 6.42 Å². The summed E-state index contributed by atoms with van der Waals surface area (Å²) in [5.41, 5.74) is 0. The highest BCUT2D eigenvalue weighted by Crippen LogP contribution is 2.35. The van der Waals surface area contributed by atoms with Gasteiger partial charge in [0.2, 0.25) is 0 Å². The number of unbranched alkanes of at least 4 members (excludes halogenated alkanes) is 5. The van der Waals surface area contributed by atoms with E-state index in [1.54, 1.807) is 0 Å². The Morgan fingerprint density at radius 3 is 1.75 bits per heavy atom.